The fraction of sp³-hybridized carbons (Fsp3) is 0.643. The Balaban J connectivity index is 2.05. The zero-order chi connectivity index (χ0) is 13.0. The van der Waals surface area contributed by atoms with Gasteiger partial charge in [0.25, 0.3) is 0 Å². The summed E-state index contributed by atoms with van der Waals surface area (Å²) in [6, 6.07) is 4.70. The van der Waals surface area contributed by atoms with E-state index in [0.29, 0.717) is 6.04 Å². The van der Waals surface area contributed by atoms with Crippen LogP contribution in [0.2, 0.25) is 0 Å². The number of aromatic nitrogens is 1. The van der Waals surface area contributed by atoms with E-state index < -0.39 is 0 Å². The molecule has 1 aliphatic rings. The van der Waals surface area contributed by atoms with Crippen LogP contribution >= 0.6 is 11.8 Å². The van der Waals surface area contributed by atoms with Gasteiger partial charge in [-0.3, -0.25) is 0 Å². The molecule has 2 rings (SSSR count). The average molecular weight is 265 g/mol. The van der Waals surface area contributed by atoms with Crippen LogP contribution < -0.4 is 10.2 Å². The maximum atomic E-state index is 4.52. The Morgan fingerprint density at radius 2 is 2.17 bits per heavy atom. The molecular weight excluding hydrogens is 242 g/mol. The van der Waals surface area contributed by atoms with Crippen molar-refractivity contribution in [1.82, 2.24) is 10.3 Å². The third-order valence-corrected chi connectivity index (χ3v) is 4.94. The minimum absolute atomic E-state index is 0.385. The molecule has 0 spiro atoms. The van der Waals surface area contributed by atoms with Crippen molar-refractivity contribution in [3.8, 4) is 0 Å². The fourth-order valence-electron chi connectivity index (χ4n) is 2.36. The molecule has 0 amide bonds. The predicted molar refractivity (Wildman–Crippen MR) is 80.5 cm³/mol. The van der Waals surface area contributed by atoms with E-state index in [2.05, 4.69) is 40.5 Å². The monoisotopic (exact) mass is 265 g/mol. The number of piperidine rings is 1. The highest BCUT2D eigenvalue weighted by Gasteiger charge is 2.19. The van der Waals surface area contributed by atoms with Gasteiger partial charge in [0.15, 0.2) is 0 Å². The van der Waals surface area contributed by atoms with Gasteiger partial charge >= 0.3 is 0 Å². The standard InChI is InChI=1S/C14H23N3S/c1-11(15-2)12-4-7-16-14(10-12)17-8-5-13(18-3)6-9-17/h4,7,10-11,13,15H,5-6,8-9H2,1-3H3. The van der Waals surface area contributed by atoms with E-state index >= 15 is 0 Å². The van der Waals surface area contributed by atoms with Crippen molar-refractivity contribution in [2.24, 2.45) is 0 Å². The van der Waals surface area contributed by atoms with E-state index in [9.17, 15) is 0 Å². The Hall–Kier alpha value is -0.740. The number of anilines is 1. The number of hydrogen-bond acceptors (Lipinski definition) is 4. The molecule has 0 saturated carbocycles. The molecule has 1 aromatic heterocycles. The van der Waals surface area contributed by atoms with Gasteiger partial charge in [-0.2, -0.15) is 11.8 Å². The van der Waals surface area contributed by atoms with Crippen LogP contribution in [0.3, 0.4) is 0 Å². The lowest BCUT2D eigenvalue weighted by Gasteiger charge is -2.32. The summed E-state index contributed by atoms with van der Waals surface area (Å²) >= 11 is 2.00. The Labute approximate surface area is 114 Å². The lowest BCUT2D eigenvalue weighted by Crippen LogP contribution is -2.35. The molecule has 0 bridgehead atoms. The first-order valence-corrected chi connectivity index (χ1v) is 7.94. The zero-order valence-corrected chi connectivity index (χ0v) is 12.3. The molecular formula is C14H23N3S. The van der Waals surface area contributed by atoms with Gasteiger partial charge in [-0.05, 0) is 50.8 Å². The van der Waals surface area contributed by atoms with Gasteiger partial charge in [-0.25, -0.2) is 4.98 Å². The SMILES string of the molecule is CNC(C)c1ccnc(N2CCC(SC)CC2)c1. The van der Waals surface area contributed by atoms with Crippen LogP contribution in [0.1, 0.15) is 31.4 Å². The van der Waals surface area contributed by atoms with Crippen molar-refractivity contribution in [2.75, 3.05) is 31.3 Å². The molecule has 1 aliphatic heterocycles. The van der Waals surface area contributed by atoms with Crippen LogP contribution in [-0.2, 0) is 0 Å². The van der Waals surface area contributed by atoms with Gasteiger partial charge < -0.3 is 10.2 Å². The van der Waals surface area contributed by atoms with Crippen LogP contribution in [0.15, 0.2) is 18.3 Å². The predicted octanol–water partition coefficient (Wildman–Crippen LogP) is 2.69. The molecule has 1 fully saturated rings. The van der Waals surface area contributed by atoms with Gasteiger partial charge in [0.1, 0.15) is 5.82 Å². The minimum atomic E-state index is 0.385. The van der Waals surface area contributed by atoms with E-state index in [1.54, 1.807) is 0 Å². The van der Waals surface area contributed by atoms with Gasteiger partial charge in [-0.1, -0.05) is 0 Å². The number of hydrogen-bond donors (Lipinski definition) is 1. The quantitative estimate of drug-likeness (QED) is 0.906. The van der Waals surface area contributed by atoms with Gasteiger partial charge in [-0.15, -0.1) is 0 Å². The summed E-state index contributed by atoms with van der Waals surface area (Å²) in [6.07, 6.45) is 6.69. The Bertz CT molecular complexity index is 375. The number of pyridine rings is 1. The molecule has 18 heavy (non-hydrogen) atoms. The first kappa shape index (κ1) is 13.7. The van der Waals surface area contributed by atoms with Crippen LogP contribution in [0.25, 0.3) is 0 Å². The molecule has 0 aromatic carbocycles. The molecule has 1 unspecified atom stereocenters. The second kappa shape index (κ2) is 6.43. The maximum Gasteiger partial charge on any atom is 0.128 e. The number of nitrogens with zero attached hydrogens (tertiary/aromatic N) is 2. The molecule has 0 aliphatic carbocycles. The van der Waals surface area contributed by atoms with Crippen molar-refractivity contribution in [1.29, 1.82) is 0 Å². The van der Waals surface area contributed by atoms with Crippen molar-refractivity contribution in [3.05, 3.63) is 23.9 Å². The Kier molecular flexibility index (Phi) is 4.89. The molecule has 3 nitrogen and oxygen atoms in total. The van der Waals surface area contributed by atoms with Gasteiger partial charge in [0, 0.05) is 30.6 Å². The Morgan fingerprint density at radius 3 is 2.78 bits per heavy atom. The summed E-state index contributed by atoms with van der Waals surface area (Å²) < 4.78 is 0. The van der Waals surface area contributed by atoms with E-state index in [1.165, 1.54) is 18.4 Å². The maximum absolute atomic E-state index is 4.52. The van der Waals surface area contributed by atoms with Crippen molar-refractivity contribution in [3.63, 3.8) is 0 Å². The summed E-state index contributed by atoms with van der Waals surface area (Å²) in [5.74, 6) is 1.13. The number of thioether (sulfide) groups is 1. The second-order valence-electron chi connectivity index (χ2n) is 4.88. The first-order valence-electron chi connectivity index (χ1n) is 6.65. The molecule has 0 radical (unpaired) electrons. The van der Waals surface area contributed by atoms with E-state index in [1.807, 2.05) is 25.0 Å². The third-order valence-electron chi connectivity index (χ3n) is 3.80. The van der Waals surface area contributed by atoms with Gasteiger partial charge in [0.05, 0.1) is 0 Å². The highest BCUT2D eigenvalue weighted by molar-refractivity contribution is 7.99. The van der Waals surface area contributed by atoms with Crippen molar-refractivity contribution in [2.45, 2.75) is 31.1 Å². The van der Waals surface area contributed by atoms with Crippen LogP contribution in [0, 0.1) is 0 Å². The molecule has 2 heterocycles. The van der Waals surface area contributed by atoms with Crippen LogP contribution in [0.4, 0.5) is 5.82 Å². The van der Waals surface area contributed by atoms with Crippen LogP contribution in [-0.4, -0.2) is 36.6 Å². The lowest BCUT2D eigenvalue weighted by molar-refractivity contribution is 0.585. The van der Waals surface area contributed by atoms with Crippen LogP contribution in [0.5, 0.6) is 0 Å². The molecule has 1 atom stereocenters. The first-order chi connectivity index (χ1) is 8.74. The summed E-state index contributed by atoms with van der Waals surface area (Å²) in [6.45, 7) is 4.45. The summed E-state index contributed by atoms with van der Waals surface area (Å²) in [5.41, 5.74) is 1.31. The zero-order valence-electron chi connectivity index (χ0n) is 11.5. The summed E-state index contributed by atoms with van der Waals surface area (Å²) in [4.78, 5) is 6.94. The average Bonchev–Trinajstić information content (AvgIpc) is 2.46. The highest BCUT2D eigenvalue weighted by atomic mass is 32.2. The van der Waals surface area contributed by atoms with E-state index in [0.717, 1.165) is 24.2 Å². The smallest absolute Gasteiger partial charge is 0.128 e. The number of rotatable bonds is 4. The molecule has 4 heteroatoms. The molecule has 1 N–H and O–H groups in total. The lowest BCUT2D eigenvalue weighted by atomic mass is 10.1. The molecule has 1 aromatic rings. The fourth-order valence-corrected chi connectivity index (χ4v) is 3.05. The third kappa shape index (κ3) is 3.18. The van der Waals surface area contributed by atoms with Crippen molar-refractivity contribution >= 4 is 17.6 Å². The van der Waals surface area contributed by atoms with E-state index in [4.69, 9.17) is 0 Å². The highest BCUT2D eigenvalue weighted by Crippen LogP contribution is 2.25. The van der Waals surface area contributed by atoms with E-state index in [-0.39, 0.29) is 0 Å². The Morgan fingerprint density at radius 1 is 1.44 bits per heavy atom. The second-order valence-corrected chi connectivity index (χ2v) is 6.02. The minimum Gasteiger partial charge on any atom is -0.357 e. The topological polar surface area (TPSA) is 28.2 Å². The molecule has 1 saturated heterocycles. The van der Waals surface area contributed by atoms with Gasteiger partial charge in [0.2, 0.25) is 0 Å². The summed E-state index contributed by atoms with van der Waals surface area (Å²) in [5, 5.41) is 4.11. The van der Waals surface area contributed by atoms with Crippen molar-refractivity contribution < 1.29 is 0 Å². The number of nitrogens with one attached hydrogen (secondary N) is 1. The molecule has 100 valence electrons. The largest absolute Gasteiger partial charge is 0.357 e. The summed E-state index contributed by atoms with van der Waals surface area (Å²) in [7, 11) is 1.99. The normalized spacial score (nSPS) is 18.9.